The number of fused-ring (bicyclic) bond motifs is 1. The first kappa shape index (κ1) is 29.8. The molecule has 3 aliphatic rings. The first-order valence-corrected chi connectivity index (χ1v) is 11.3. The van der Waals surface area contributed by atoms with Crippen LogP contribution in [0.2, 0.25) is 0 Å². The Morgan fingerprint density at radius 2 is 1.24 bits per heavy atom. The molecule has 5 rings (SSSR count). The second-order valence-electron chi connectivity index (χ2n) is 8.31. The number of carboxylic acid groups (broad SMARTS) is 2. The molecule has 34 heavy (non-hydrogen) atoms. The Hall–Kier alpha value is -2.27. The van der Waals surface area contributed by atoms with Gasteiger partial charge in [-0.1, -0.05) is 68.2 Å². The molecule has 0 saturated heterocycles. The maximum absolute atomic E-state index is 10.2. The molecule has 0 radical (unpaired) electrons. The SMILES string of the molecule is CC1C2=C(CCC[CH-]2)C2=C1CCCC2.O=C(O)c1ccccc1.O=C(O)c1ccccc1.[Cl-].[Ti+2]. The fourth-order valence-electron chi connectivity index (χ4n) is 4.67. The zero-order chi connectivity index (χ0) is 22.9. The van der Waals surface area contributed by atoms with Gasteiger partial charge in [0, 0.05) is 0 Å². The maximum atomic E-state index is 10.2. The third-order valence-corrected chi connectivity index (χ3v) is 6.25. The maximum Gasteiger partial charge on any atom is 2.00 e. The van der Waals surface area contributed by atoms with Gasteiger partial charge in [0.05, 0.1) is 11.1 Å². The smallest absolute Gasteiger partial charge is 1.00 e. The van der Waals surface area contributed by atoms with E-state index >= 15 is 0 Å². The number of carboxylic acids is 2. The molecule has 2 aromatic carbocycles. The molecule has 0 fully saturated rings. The van der Waals surface area contributed by atoms with Crippen molar-refractivity contribution < 1.29 is 53.9 Å². The Balaban J connectivity index is 0.000000258. The minimum Gasteiger partial charge on any atom is -1.00 e. The fraction of sp³-hybridized carbons (Fsp3) is 0.321. The average Bonchev–Trinajstić information content (AvgIpc) is 3.13. The minimum absolute atomic E-state index is 0. The standard InChI is InChI=1S/C14H19.2C7H6O2.ClH.Ti/c1-10-11-6-2-4-8-13(11)14-9-5-3-7-12(10)14;2*8-7(9)6-4-2-1-3-5-6;;/h6,10H,2-5,7-9H2,1H3;2*1-5H,(H,8,9);1H;/q-1;;;;+2/p-1. The van der Waals surface area contributed by atoms with Crippen LogP contribution in [-0.2, 0) is 21.7 Å². The van der Waals surface area contributed by atoms with Gasteiger partial charge < -0.3 is 22.6 Å². The van der Waals surface area contributed by atoms with Gasteiger partial charge in [0.1, 0.15) is 0 Å². The van der Waals surface area contributed by atoms with Crippen LogP contribution >= 0.6 is 0 Å². The molecule has 6 heteroatoms. The summed E-state index contributed by atoms with van der Waals surface area (Å²) in [6.07, 6.45) is 12.2. The van der Waals surface area contributed by atoms with Crippen LogP contribution in [0.4, 0.5) is 0 Å². The van der Waals surface area contributed by atoms with E-state index in [-0.39, 0.29) is 34.1 Å². The van der Waals surface area contributed by atoms with E-state index in [4.69, 9.17) is 10.2 Å². The topological polar surface area (TPSA) is 74.6 Å². The monoisotopic (exact) mass is 514 g/mol. The third-order valence-electron chi connectivity index (χ3n) is 6.25. The number of rotatable bonds is 2. The number of hydrogen-bond donors (Lipinski definition) is 2. The van der Waals surface area contributed by atoms with Crippen molar-refractivity contribution >= 4 is 11.9 Å². The molecule has 2 aromatic rings. The number of halogens is 1. The van der Waals surface area contributed by atoms with Crippen molar-refractivity contribution in [3.63, 3.8) is 0 Å². The summed E-state index contributed by atoms with van der Waals surface area (Å²) in [5.41, 5.74) is 7.73. The molecule has 0 saturated carbocycles. The number of hydrogen-bond acceptors (Lipinski definition) is 2. The van der Waals surface area contributed by atoms with Crippen molar-refractivity contribution in [3.05, 3.63) is 101 Å². The molecule has 1 atom stereocenters. The van der Waals surface area contributed by atoms with Crippen molar-refractivity contribution in [2.24, 2.45) is 5.92 Å². The zero-order valence-electron chi connectivity index (χ0n) is 19.5. The number of allylic oxidation sites excluding steroid dienone is 4. The van der Waals surface area contributed by atoms with Crippen LogP contribution in [0.3, 0.4) is 0 Å². The van der Waals surface area contributed by atoms with Gasteiger partial charge in [-0.25, -0.2) is 21.6 Å². The first-order valence-electron chi connectivity index (χ1n) is 11.3. The Bertz CT molecular complexity index is 918. The fourth-order valence-corrected chi connectivity index (χ4v) is 4.67. The molecule has 0 aliphatic heterocycles. The van der Waals surface area contributed by atoms with Crippen molar-refractivity contribution in [3.8, 4) is 0 Å². The third kappa shape index (κ3) is 7.90. The Kier molecular flexibility index (Phi) is 13.0. The predicted octanol–water partition coefficient (Wildman–Crippen LogP) is 3.96. The van der Waals surface area contributed by atoms with E-state index in [2.05, 4.69) is 13.3 Å². The molecule has 3 aliphatic carbocycles. The molecule has 0 aromatic heterocycles. The predicted molar refractivity (Wildman–Crippen MR) is 127 cm³/mol. The molecular formula is C28H31ClO4Ti. The summed E-state index contributed by atoms with van der Waals surface area (Å²) in [5.74, 6) is -0.980. The number of carbonyl (C=O) groups is 2. The molecule has 0 bridgehead atoms. The van der Waals surface area contributed by atoms with E-state index in [0.717, 1.165) is 5.92 Å². The normalized spacial score (nSPS) is 17.6. The van der Waals surface area contributed by atoms with Gasteiger partial charge in [0.2, 0.25) is 0 Å². The van der Waals surface area contributed by atoms with Gasteiger partial charge in [-0.2, -0.15) is 5.57 Å². The molecule has 0 amide bonds. The van der Waals surface area contributed by atoms with Crippen LogP contribution in [0.1, 0.15) is 72.6 Å². The van der Waals surface area contributed by atoms with E-state index in [1.54, 1.807) is 83.0 Å². The van der Waals surface area contributed by atoms with Crippen molar-refractivity contribution in [2.75, 3.05) is 0 Å². The van der Waals surface area contributed by atoms with E-state index in [1.807, 2.05) is 0 Å². The minimum atomic E-state index is -0.879. The molecule has 4 nitrogen and oxygen atoms in total. The summed E-state index contributed by atoms with van der Waals surface area (Å²) in [6.45, 7) is 2.42. The van der Waals surface area contributed by atoms with E-state index in [9.17, 15) is 9.59 Å². The van der Waals surface area contributed by atoms with Gasteiger partial charge in [-0.3, -0.25) is 0 Å². The van der Waals surface area contributed by atoms with E-state index in [1.165, 1.54) is 44.9 Å². The summed E-state index contributed by atoms with van der Waals surface area (Å²) in [7, 11) is 0. The largest absolute Gasteiger partial charge is 2.00 e. The summed E-state index contributed by atoms with van der Waals surface area (Å²) in [6, 6.07) is 16.6. The van der Waals surface area contributed by atoms with Crippen LogP contribution in [0.25, 0.3) is 0 Å². The van der Waals surface area contributed by atoms with Gasteiger partial charge in [-0.15, -0.1) is 12.0 Å². The van der Waals surface area contributed by atoms with Crippen molar-refractivity contribution in [2.45, 2.75) is 51.9 Å². The zero-order valence-corrected chi connectivity index (χ0v) is 21.8. The second-order valence-corrected chi connectivity index (χ2v) is 8.31. The number of aromatic carboxylic acids is 2. The first-order chi connectivity index (χ1) is 15.5. The van der Waals surface area contributed by atoms with Gasteiger partial charge in [-0.05, 0) is 49.4 Å². The van der Waals surface area contributed by atoms with Crippen LogP contribution in [0.5, 0.6) is 0 Å². The molecule has 0 heterocycles. The van der Waals surface area contributed by atoms with Crippen molar-refractivity contribution in [1.82, 2.24) is 0 Å². The van der Waals surface area contributed by atoms with Crippen LogP contribution in [0.15, 0.2) is 83.0 Å². The second kappa shape index (κ2) is 14.9. The van der Waals surface area contributed by atoms with Gasteiger partial charge in [0.25, 0.3) is 0 Å². The molecular weight excluding hydrogens is 484 g/mol. The van der Waals surface area contributed by atoms with Gasteiger partial charge >= 0.3 is 33.7 Å². The van der Waals surface area contributed by atoms with Crippen molar-refractivity contribution in [1.29, 1.82) is 0 Å². The summed E-state index contributed by atoms with van der Waals surface area (Å²) in [5, 5.41) is 16.8. The van der Waals surface area contributed by atoms with Crippen LogP contribution in [-0.4, -0.2) is 22.2 Å². The molecule has 2 N–H and O–H groups in total. The summed E-state index contributed by atoms with van der Waals surface area (Å²) >= 11 is 0. The molecule has 0 spiro atoms. The van der Waals surface area contributed by atoms with Crippen LogP contribution < -0.4 is 12.4 Å². The quantitative estimate of drug-likeness (QED) is 0.470. The van der Waals surface area contributed by atoms with E-state index in [0.29, 0.717) is 11.1 Å². The van der Waals surface area contributed by atoms with Gasteiger partial charge in [0.15, 0.2) is 0 Å². The summed E-state index contributed by atoms with van der Waals surface area (Å²) < 4.78 is 0. The van der Waals surface area contributed by atoms with E-state index < -0.39 is 11.9 Å². The molecule has 178 valence electrons. The van der Waals surface area contributed by atoms with Crippen LogP contribution in [0, 0.1) is 12.3 Å². The Labute approximate surface area is 223 Å². The molecule has 1 unspecified atom stereocenters. The summed E-state index contributed by atoms with van der Waals surface area (Å²) in [4.78, 5) is 20.4. The Morgan fingerprint density at radius 3 is 1.71 bits per heavy atom. The number of benzene rings is 2. The average molecular weight is 515 g/mol. The Morgan fingerprint density at radius 1 is 0.765 bits per heavy atom.